The van der Waals surface area contributed by atoms with Gasteiger partial charge in [-0.1, -0.05) is 10.1 Å². The molecule has 2 heterocycles. The molecule has 0 aromatic carbocycles. The highest BCUT2D eigenvalue weighted by Gasteiger charge is 2.34. The van der Waals surface area contributed by atoms with Crippen LogP contribution in [-0.4, -0.2) is 85.2 Å². The number of nitrogens with zero attached hydrogens (tertiary/aromatic N) is 2. The lowest BCUT2D eigenvalue weighted by Crippen LogP contribution is -2.33. The lowest BCUT2D eigenvalue weighted by molar-refractivity contribution is -0.178. The molecule has 2 aliphatic heterocycles. The van der Waals surface area contributed by atoms with Crippen molar-refractivity contribution < 1.29 is 57.4 Å². The van der Waals surface area contributed by atoms with Crippen molar-refractivity contribution in [2.45, 2.75) is 38.7 Å². The van der Waals surface area contributed by atoms with E-state index in [9.17, 15) is 28.8 Å². The summed E-state index contributed by atoms with van der Waals surface area (Å²) < 4.78 is 19.9. The third-order valence-corrected chi connectivity index (χ3v) is 3.85. The summed E-state index contributed by atoms with van der Waals surface area (Å²) in [4.78, 5) is 77.0. The first-order valence-electron chi connectivity index (χ1n) is 9.38. The van der Waals surface area contributed by atoms with Gasteiger partial charge in [-0.15, -0.1) is 0 Å². The fourth-order valence-electron chi connectivity index (χ4n) is 2.37. The monoisotopic (exact) mass is 446 g/mol. The molecule has 0 radical (unpaired) electrons. The average Bonchev–Trinajstić information content (AvgIpc) is 3.21. The normalized spacial score (nSPS) is 17.2. The van der Waals surface area contributed by atoms with Crippen molar-refractivity contribution in [1.29, 1.82) is 0 Å². The molecule has 0 aromatic rings. The van der Waals surface area contributed by atoms with Gasteiger partial charge in [-0.05, 0) is 6.92 Å². The summed E-state index contributed by atoms with van der Waals surface area (Å²) in [5, 5.41) is 0.746. The molecular formula is C17H22N2O12. The van der Waals surface area contributed by atoms with E-state index in [4.69, 9.17) is 14.2 Å². The van der Waals surface area contributed by atoms with Gasteiger partial charge in [0.05, 0.1) is 25.9 Å². The minimum Gasteiger partial charge on any atom is -0.430 e. The highest BCUT2D eigenvalue weighted by atomic mass is 16.8. The van der Waals surface area contributed by atoms with Crippen LogP contribution in [0.25, 0.3) is 0 Å². The van der Waals surface area contributed by atoms with E-state index in [1.807, 2.05) is 0 Å². The van der Waals surface area contributed by atoms with Crippen LogP contribution in [0.5, 0.6) is 0 Å². The summed E-state index contributed by atoms with van der Waals surface area (Å²) in [6, 6.07) is 0. The van der Waals surface area contributed by atoms with Crippen molar-refractivity contribution in [2.24, 2.45) is 0 Å². The van der Waals surface area contributed by atoms with E-state index in [0.29, 0.717) is 10.1 Å². The van der Waals surface area contributed by atoms with Crippen molar-refractivity contribution in [3.05, 3.63) is 0 Å². The molecule has 4 amide bonds. The Hall–Kier alpha value is -3.26. The zero-order valence-corrected chi connectivity index (χ0v) is 16.7. The maximum absolute atomic E-state index is 11.4. The van der Waals surface area contributed by atoms with Gasteiger partial charge in [0, 0.05) is 25.7 Å². The summed E-state index contributed by atoms with van der Waals surface area (Å²) in [5.74, 6) is -2.45. The molecular weight excluding hydrogens is 424 g/mol. The van der Waals surface area contributed by atoms with Crippen LogP contribution in [0.1, 0.15) is 32.6 Å². The van der Waals surface area contributed by atoms with Crippen molar-refractivity contribution in [1.82, 2.24) is 10.1 Å². The highest BCUT2D eigenvalue weighted by molar-refractivity contribution is 6.01. The molecule has 0 spiro atoms. The molecule has 2 rings (SSSR count). The van der Waals surface area contributed by atoms with Crippen molar-refractivity contribution in [3.8, 4) is 0 Å². The number of rotatable bonds is 11. The van der Waals surface area contributed by atoms with Gasteiger partial charge in [0.1, 0.15) is 13.2 Å². The van der Waals surface area contributed by atoms with Crippen LogP contribution in [-0.2, 0) is 47.8 Å². The molecule has 1 unspecified atom stereocenters. The van der Waals surface area contributed by atoms with Gasteiger partial charge in [0.25, 0.3) is 23.6 Å². The Labute approximate surface area is 176 Å². The van der Waals surface area contributed by atoms with Crippen molar-refractivity contribution >= 4 is 35.9 Å². The third kappa shape index (κ3) is 7.82. The van der Waals surface area contributed by atoms with Crippen molar-refractivity contribution in [3.63, 3.8) is 0 Å². The van der Waals surface area contributed by atoms with Gasteiger partial charge in [-0.2, -0.15) is 0 Å². The minimum absolute atomic E-state index is 0.00222. The van der Waals surface area contributed by atoms with E-state index in [0.717, 1.165) is 0 Å². The average molecular weight is 446 g/mol. The van der Waals surface area contributed by atoms with Gasteiger partial charge < -0.3 is 18.9 Å². The Morgan fingerprint density at radius 1 is 0.742 bits per heavy atom. The maximum atomic E-state index is 11.4. The number of ether oxygens (including phenoxy) is 4. The largest absolute Gasteiger partial charge is 0.534 e. The predicted octanol–water partition coefficient (Wildman–Crippen LogP) is -0.157. The van der Waals surface area contributed by atoms with Gasteiger partial charge in [0.2, 0.25) is 0 Å². The zero-order valence-electron chi connectivity index (χ0n) is 16.7. The lowest BCUT2D eigenvalue weighted by Gasteiger charge is -2.15. The predicted molar refractivity (Wildman–Crippen MR) is 93.3 cm³/mol. The molecule has 2 aliphatic rings. The Balaban J connectivity index is 1.45. The summed E-state index contributed by atoms with van der Waals surface area (Å²) >= 11 is 0. The molecule has 2 fully saturated rings. The third-order valence-electron chi connectivity index (χ3n) is 3.85. The minimum atomic E-state index is -1.20. The topological polar surface area (TPSA) is 164 Å². The van der Waals surface area contributed by atoms with E-state index in [1.54, 1.807) is 6.92 Å². The van der Waals surface area contributed by atoms with Crippen molar-refractivity contribution in [2.75, 3.05) is 33.0 Å². The van der Waals surface area contributed by atoms with E-state index < -0.39 is 42.0 Å². The standard InChI is InChI=1S/C17H22N2O12/c1-11(27-8-9-29-17(25)31-19-14(22)4-5-15(19)23)10-26-6-7-28-16(24)30-18-12(20)2-3-13(18)21/h11H,2-10H2,1H3. The number of imide groups is 2. The van der Waals surface area contributed by atoms with Gasteiger partial charge in [0.15, 0.2) is 0 Å². The summed E-state index contributed by atoms with van der Waals surface area (Å²) in [7, 11) is 0. The Morgan fingerprint density at radius 2 is 1.16 bits per heavy atom. The molecule has 1 atom stereocenters. The molecule has 14 nitrogen and oxygen atoms in total. The van der Waals surface area contributed by atoms with Crippen LogP contribution in [0.15, 0.2) is 0 Å². The second-order valence-electron chi connectivity index (χ2n) is 6.30. The summed E-state index contributed by atoms with van der Waals surface area (Å²) in [5.41, 5.74) is 0. The maximum Gasteiger partial charge on any atom is 0.534 e. The Morgan fingerprint density at radius 3 is 1.61 bits per heavy atom. The van der Waals surface area contributed by atoms with Crippen LogP contribution >= 0.6 is 0 Å². The van der Waals surface area contributed by atoms with Crippen LogP contribution in [0, 0.1) is 0 Å². The van der Waals surface area contributed by atoms with Crippen LogP contribution in [0.3, 0.4) is 0 Å². The van der Waals surface area contributed by atoms with E-state index >= 15 is 0 Å². The second kappa shape index (κ2) is 11.8. The fourth-order valence-corrected chi connectivity index (χ4v) is 2.37. The van der Waals surface area contributed by atoms with Gasteiger partial charge >= 0.3 is 12.3 Å². The Bertz CT molecular complexity index is 692. The molecule has 0 bridgehead atoms. The number of carbonyl (C=O) groups excluding carboxylic acids is 6. The number of carbonyl (C=O) groups is 6. The molecule has 0 aliphatic carbocycles. The number of hydrogen-bond acceptors (Lipinski definition) is 12. The second-order valence-corrected chi connectivity index (χ2v) is 6.30. The van der Waals surface area contributed by atoms with Crippen LogP contribution in [0.4, 0.5) is 9.59 Å². The quantitative estimate of drug-likeness (QED) is 0.234. The smallest absolute Gasteiger partial charge is 0.430 e. The summed E-state index contributed by atoms with van der Waals surface area (Å²) in [6.07, 6.45) is -2.86. The van der Waals surface area contributed by atoms with E-state index in [2.05, 4.69) is 14.4 Å². The number of amides is 4. The number of hydroxylamine groups is 4. The Kier molecular flexibility index (Phi) is 9.14. The first-order valence-corrected chi connectivity index (χ1v) is 9.38. The first kappa shape index (κ1) is 24.0. The lowest BCUT2D eigenvalue weighted by atomic mass is 10.4. The summed E-state index contributed by atoms with van der Waals surface area (Å²) in [6.45, 7) is 1.46. The molecule has 31 heavy (non-hydrogen) atoms. The molecule has 0 aromatic heterocycles. The SMILES string of the molecule is CC(COCCOC(=O)ON1C(=O)CCC1=O)OCCOC(=O)ON1C(=O)CCC1=O. The molecule has 0 saturated carbocycles. The number of hydrogen-bond donors (Lipinski definition) is 0. The van der Waals surface area contributed by atoms with Crippen LogP contribution in [0.2, 0.25) is 0 Å². The van der Waals surface area contributed by atoms with E-state index in [1.165, 1.54) is 0 Å². The first-order chi connectivity index (χ1) is 14.8. The molecule has 2 saturated heterocycles. The van der Waals surface area contributed by atoms with Gasteiger partial charge in [-0.3, -0.25) is 28.9 Å². The highest BCUT2D eigenvalue weighted by Crippen LogP contribution is 2.13. The fraction of sp³-hybridized carbons (Fsp3) is 0.647. The zero-order chi connectivity index (χ0) is 22.8. The molecule has 0 N–H and O–H groups in total. The molecule has 172 valence electrons. The van der Waals surface area contributed by atoms with Crippen LogP contribution < -0.4 is 0 Å². The van der Waals surface area contributed by atoms with Gasteiger partial charge in [-0.25, -0.2) is 9.59 Å². The molecule has 14 heteroatoms. The van der Waals surface area contributed by atoms with E-state index in [-0.39, 0.29) is 58.7 Å².